The molecule has 4 atom stereocenters. The number of aliphatic carboxylic acids is 3. The molecule has 4 unspecified atom stereocenters. The van der Waals surface area contributed by atoms with Crippen molar-refractivity contribution < 1.29 is 44.1 Å². The standard InChI is InChI=1S/C22H39N7O9/c1-11(2)10-12(23)18(34)27-13(5-7-16(30)31)19(35)28-14(6-8-17(32)33)20(36)29-15(21(37)38)4-3-9-26-22(24)25/h11-15H,3-10,23H2,1-2H3,(H,27,34)(H,28,35)(H,29,36)(H,30,31)(H,32,33)(H,37,38)(H4,24,25,26). The quantitative estimate of drug-likeness (QED) is 0.0469. The summed E-state index contributed by atoms with van der Waals surface area (Å²) in [6.45, 7) is 3.77. The first kappa shape index (κ1) is 34.0. The number of rotatable bonds is 19. The number of carboxylic acids is 3. The van der Waals surface area contributed by atoms with Gasteiger partial charge in [0.15, 0.2) is 5.96 Å². The minimum Gasteiger partial charge on any atom is -0.481 e. The third kappa shape index (κ3) is 15.2. The van der Waals surface area contributed by atoms with Crippen LogP contribution in [0.15, 0.2) is 4.99 Å². The Morgan fingerprint density at radius 3 is 1.58 bits per heavy atom. The summed E-state index contributed by atoms with van der Waals surface area (Å²) < 4.78 is 0. The molecule has 3 amide bonds. The van der Waals surface area contributed by atoms with Crippen LogP contribution in [0.2, 0.25) is 0 Å². The smallest absolute Gasteiger partial charge is 0.326 e. The second-order valence-electron chi connectivity index (χ2n) is 9.07. The lowest BCUT2D eigenvalue weighted by Crippen LogP contribution is -2.57. The van der Waals surface area contributed by atoms with E-state index in [1.165, 1.54) is 0 Å². The Balaban J connectivity index is 5.61. The van der Waals surface area contributed by atoms with Crippen LogP contribution in [0, 0.1) is 5.92 Å². The Kier molecular flexibility index (Phi) is 15.7. The fraction of sp³-hybridized carbons (Fsp3) is 0.682. The molecule has 0 saturated carbocycles. The van der Waals surface area contributed by atoms with Crippen molar-refractivity contribution >= 4 is 41.6 Å². The highest BCUT2D eigenvalue weighted by atomic mass is 16.4. The maximum Gasteiger partial charge on any atom is 0.326 e. The molecule has 0 rings (SSSR count). The molecule has 0 aromatic rings. The molecule has 0 aliphatic rings. The van der Waals surface area contributed by atoms with Crippen LogP contribution in [0.1, 0.15) is 58.8 Å². The number of nitrogens with one attached hydrogen (secondary N) is 3. The third-order valence-electron chi connectivity index (χ3n) is 5.18. The van der Waals surface area contributed by atoms with Crippen molar-refractivity contribution in [1.29, 1.82) is 0 Å². The molecule has 38 heavy (non-hydrogen) atoms. The number of nitrogens with zero attached hydrogens (tertiary/aromatic N) is 1. The van der Waals surface area contributed by atoms with Gasteiger partial charge in [0.25, 0.3) is 0 Å². The zero-order valence-corrected chi connectivity index (χ0v) is 21.5. The SMILES string of the molecule is CC(C)CC(N)C(=O)NC(CCC(=O)O)C(=O)NC(CCC(=O)O)C(=O)NC(CCCN=C(N)N)C(=O)O. The molecule has 0 radical (unpaired) electrons. The molecule has 0 saturated heterocycles. The van der Waals surface area contributed by atoms with Crippen LogP contribution in [0.5, 0.6) is 0 Å². The van der Waals surface area contributed by atoms with Crippen LogP contribution in [0.4, 0.5) is 0 Å². The van der Waals surface area contributed by atoms with E-state index < -0.39 is 79.1 Å². The summed E-state index contributed by atoms with van der Waals surface area (Å²) in [5, 5.41) is 34.4. The van der Waals surface area contributed by atoms with Crippen LogP contribution in [-0.4, -0.2) is 87.6 Å². The van der Waals surface area contributed by atoms with Crippen LogP contribution in [0.3, 0.4) is 0 Å². The maximum absolute atomic E-state index is 12.9. The molecule has 216 valence electrons. The first-order valence-corrected chi connectivity index (χ1v) is 12.0. The molecule has 0 aromatic carbocycles. The normalized spacial score (nSPS) is 13.9. The van der Waals surface area contributed by atoms with Gasteiger partial charge in [-0.2, -0.15) is 0 Å². The highest BCUT2D eigenvalue weighted by Crippen LogP contribution is 2.07. The average Bonchev–Trinajstić information content (AvgIpc) is 2.79. The number of hydrogen-bond donors (Lipinski definition) is 9. The zero-order valence-electron chi connectivity index (χ0n) is 21.5. The molecule has 12 N–H and O–H groups in total. The van der Waals surface area contributed by atoms with Crippen molar-refractivity contribution in [1.82, 2.24) is 16.0 Å². The average molecular weight is 546 g/mol. The lowest BCUT2D eigenvalue weighted by atomic mass is 10.0. The number of hydrogen-bond acceptors (Lipinski definition) is 8. The molecule has 0 aromatic heterocycles. The van der Waals surface area contributed by atoms with Gasteiger partial charge in [-0.05, 0) is 38.0 Å². The third-order valence-corrected chi connectivity index (χ3v) is 5.18. The van der Waals surface area contributed by atoms with Gasteiger partial charge in [-0.1, -0.05) is 13.8 Å². The summed E-state index contributed by atoms with van der Waals surface area (Å²) in [5.74, 6) is -6.66. The monoisotopic (exact) mass is 545 g/mol. The predicted octanol–water partition coefficient (Wildman–Crippen LogP) is -2.32. The van der Waals surface area contributed by atoms with Gasteiger partial charge in [0, 0.05) is 19.4 Å². The number of carbonyl (C=O) groups excluding carboxylic acids is 3. The van der Waals surface area contributed by atoms with Crippen molar-refractivity contribution in [3.63, 3.8) is 0 Å². The number of aliphatic imine (C=N–C) groups is 1. The molecule has 0 fully saturated rings. The molecule has 0 spiro atoms. The topological polar surface area (TPSA) is 290 Å². The van der Waals surface area contributed by atoms with Gasteiger partial charge < -0.3 is 48.5 Å². The maximum atomic E-state index is 12.9. The van der Waals surface area contributed by atoms with Crippen molar-refractivity contribution in [2.45, 2.75) is 83.0 Å². The first-order chi connectivity index (χ1) is 17.6. The molecule has 0 bridgehead atoms. The van der Waals surface area contributed by atoms with Crippen LogP contribution in [0.25, 0.3) is 0 Å². The fourth-order valence-corrected chi connectivity index (χ4v) is 3.27. The molecule has 16 heteroatoms. The summed E-state index contributed by atoms with van der Waals surface area (Å²) in [6.07, 6.45) is -1.37. The lowest BCUT2D eigenvalue weighted by molar-refractivity contribution is -0.143. The Labute approximate surface area is 219 Å². The molecule has 0 heterocycles. The number of nitrogens with two attached hydrogens (primary N) is 3. The van der Waals surface area contributed by atoms with E-state index in [-0.39, 0.29) is 37.7 Å². The van der Waals surface area contributed by atoms with Crippen molar-refractivity contribution in [2.24, 2.45) is 28.1 Å². The fourth-order valence-electron chi connectivity index (χ4n) is 3.27. The predicted molar refractivity (Wildman–Crippen MR) is 135 cm³/mol. The van der Waals surface area contributed by atoms with E-state index in [4.69, 9.17) is 27.4 Å². The highest BCUT2D eigenvalue weighted by Gasteiger charge is 2.31. The van der Waals surface area contributed by atoms with E-state index >= 15 is 0 Å². The largest absolute Gasteiger partial charge is 0.481 e. The van der Waals surface area contributed by atoms with Crippen molar-refractivity contribution in [2.75, 3.05) is 6.54 Å². The summed E-state index contributed by atoms with van der Waals surface area (Å²) >= 11 is 0. The van der Waals surface area contributed by atoms with Gasteiger partial charge in [-0.15, -0.1) is 0 Å². The molecule has 0 aliphatic carbocycles. The van der Waals surface area contributed by atoms with Gasteiger partial charge >= 0.3 is 17.9 Å². The van der Waals surface area contributed by atoms with Gasteiger partial charge in [0.05, 0.1) is 6.04 Å². The summed E-state index contributed by atoms with van der Waals surface area (Å²) in [6, 6.07) is -5.26. The minimum atomic E-state index is -1.49. The van der Waals surface area contributed by atoms with Gasteiger partial charge in [-0.25, -0.2) is 4.79 Å². The van der Waals surface area contributed by atoms with E-state index in [1.54, 1.807) is 0 Å². The number of amides is 3. The summed E-state index contributed by atoms with van der Waals surface area (Å²) in [5.41, 5.74) is 16.3. The Morgan fingerprint density at radius 1 is 0.737 bits per heavy atom. The summed E-state index contributed by atoms with van der Waals surface area (Å²) in [4.78, 5) is 75.7. The number of carboxylic acid groups (broad SMARTS) is 3. The number of carbonyl (C=O) groups is 6. The zero-order chi connectivity index (χ0) is 29.4. The minimum absolute atomic E-state index is 0.0628. The Hall–Kier alpha value is -3.95. The van der Waals surface area contributed by atoms with E-state index in [1.807, 2.05) is 13.8 Å². The molecule has 0 aliphatic heterocycles. The van der Waals surface area contributed by atoms with Crippen molar-refractivity contribution in [3.8, 4) is 0 Å². The van der Waals surface area contributed by atoms with Crippen LogP contribution in [-0.2, 0) is 28.8 Å². The molecular weight excluding hydrogens is 506 g/mol. The Morgan fingerprint density at radius 2 is 1.18 bits per heavy atom. The second-order valence-corrected chi connectivity index (χ2v) is 9.07. The van der Waals surface area contributed by atoms with E-state index in [0.717, 1.165) is 0 Å². The van der Waals surface area contributed by atoms with Gasteiger partial charge in [0.1, 0.15) is 18.1 Å². The van der Waals surface area contributed by atoms with Crippen LogP contribution >= 0.6 is 0 Å². The van der Waals surface area contributed by atoms with Crippen molar-refractivity contribution in [3.05, 3.63) is 0 Å². The Bertz CT molecular complexity index is 875. The van der Waals surface area contributed by atoms with E-state index in [0.29, 0.717) is 6.42 Å². The highest BCUT2D eigenvalue weighted by molar-refractivity contribution is 5.94. The van der Waals surface area contributed by atoms with Crippen LogP contribution < -0.4 is 33.2 Å². The van der Waals surface area contributed by atoms with Gasteiger partial charge in [-0.3, -0.25) is 29.0 Å². The second kappa shape index (κ2) is 17.5. The molecular formula is C22H39N7O9. The van der Waals surface area contributed by atoms with Gasteiger partial charge in [0.2, 0.25) is 17.7 Å². The summed E-state index contributed by atoms with van der Waals surface area (Å²) in [7, 11) is 0. The van der Waals surface area contributed by atoms with E-state index in [2.05, 4.69) is 20.9 Å². The molecule has 16 nitrogen and oxygen atoms in total. The first-order valence-electron chi connectivity index (χ1n) is 12.0. The van der Waals surface area contributed by atoms with E-state index in [9.17, 15) is 33.9 Å². The lowest BCUT2D eigenvalue weighted by Gasteiger charge is -2.25. The number of guanidine groups is 1.